The number of carbonyl (C=O) groups is 1. The third-order valence-electron chi connectivity index (χ3n) is 3.73. The third-order valence-corrected chi connectivity index (χ3v) is 4.80. The van der Waals surface area contributed by atoms with Crippen LogP contribution in [0.4, 0.5) is 0 Å². The van der Waals surface area contributed by atoms with Crippen LogP contribution in [0.5, 0.6) is 0 Å². The minimum absolute atomic E-state index is 0. The van der Waals surface area contributed by atoms with Gasteiger partial charge in [0.05, 0.1) is 22.7 Å². The van der Waals surface area contributed by atoms with Crippen LogP contribution in [0.15, 0.2) is 0 Å². The molecule has 0 atom stereocenters. The number of nitrogens with two attached hydrogens (primary N) is 1. The molecule has 0 aliphatic carbocycles. The number of aryl methyl sites for hydroxylation is 2. The lowest BCUT2D eigenvalue weighted by molar-refractivity contribution is -0.136. The Labute approximate surface area is 141 Å². The molecule has 1 aromatic rings. The number of hydrogen-bond acceptors (Lipinski definition) is 5. The molecule has 21 heavy (non-hydrogen) atoms. The van der Waals surface area contributed by atoms with E-state index in [4.69, 9.17) is 10.5 Å². The van der Waals surface area contributed by atoms with Crippen LogP contribution in [-0.4, -0.2) is 30.6 Å². The summed E-state index contributed by atoms with van der Waals surface area (Å²) in [6.45, 7) is 6.09. The summed E-state index contributed by atoms with van der Waals surface area (Å²) < 4.78 is 5.32. The van der Waals surface area contributed by atoms with Crippen molar-refractivity contribution in [2.75, 3.05) is 19.8 Å². The average molecular weight is 356 g/mol. The van der Waals surface area contributed by atoms with Crippen molar-refractivity contribution in [2.45, 2.75) is 33.2 Å². The Morgan fingerprint density at radius 3 is 2.48 bits per heavy atom. The number of carbonyl (C=O) groups excluding carboxylic acids is 1. The SMILES string of the molecule is Cc1nc(C)c(CNC(=O)C2(CN)CCOCC2)s1.Cl.Cl. The quantitative estimate of drug-likeness (QED) is 0.865. The van der Waals surface area contributed by atoms with Gasteiger partial charge in [-0.2, -0.15) is 0 Å². The Balaban J connectivity index is 0.00000200. The van der Waals surface area contributed by atoms with Gasteiger partial charge in [0, 0.05) is 24.6 Å². The second kappa shape index (κ2) is 8.90. The molecular formula is C13H23Cl2N3O2S. The Bertz CT molecular complexity index is 462. The second-order valence-electron chi connectivity index (χ2n) is 5.02. The van der Waals surface area contributed by atoms with Gasteiger partial charge in [-0.15, -0.1) is 36.2 Å². The lowest BCUT2D eigenvalue weighted by Gasteiger charge is -2.34. The molecule has 1 saturated heterocycles. The monoisotopic (exact) mass is 355 g/mol. The number of amides is 1. The smallest absolute Gasteiger partial charge is 0.227 e. The van der Waals surface area contributed by atoms with Crippen molar-refractivity contribution in [3.8, 4) is 0 Å². The maximum Gasteiger partial charge on any atom is 0.227 e. The maximum absolute atomic E-state index is 12.4. The van der Waals surface area contributed by atoms with Crippen molar-refractivity contribution in [1.29, 1.82) is 0 Å². The zero-order valence-corrected chi connectivity index (χ0v) is 14.8. The minimum Gasteiger partial charge on any atom is -0.381 e. The summed E-state index contributed by atoms with van der Waals surface area (Å²) in [7, 11) is 0. The molecule has 0 unspecified atom stereocenters. The van der Waals surface area contributed by atoms with Gasteiger partial charge in [0.1, 0.15) is 0 Å². The molecule has 8 heteroatoms. The highest BCUT2D eigenvalue weighted by Gasteiger charge is 2.38. The van der Waals surface area contributed by atoms with Crippen molar-refractivity contribution < 1.29 is 9.53 Å². The molecule has 122 valence electrons. The van der Waals surface area contributed by atoms with Crippen molar-refractivity contribution in [1.82, 2.24) is 10.3 Å². The zero-order valence-electron chi connectivity index (χ0n) is 12.3. The van der Waals surface area contributed by atoms with Crippen LogP contribution in [0, 0.1) is 19.3 Å². The zero-order chi connectivity index (χ0) is 13.9. The van der Waals surface area contributed by atoms with E-state index >= 15 is 0 Å². The first kappa shape index (κ1) is 20.6. The van der Waals surface area contributed by atoms with Crippen molar-refractivity contribution in [3.05, 3.63) is 15.6 Å². The second-order valence-corrected chi connectivity index (χ2v) is 6.31. The van der Waals surface area contributed by atoms with Crippen LogP contribution in [0.25, 0.3) is 0 Å². The summed E-state index contributed by atoms with van der Waals surface area (Å²) in [6.07, 6.45) is 1.41. The number of hydrogen-bond donors (Lipinski definition) is 2. The number of aromatic nitrogens is 1. The number of halogens is 2. The van der Waals surface area contributed by atoms with E-state index in [0.29, 0.717) is 39.1 Å². The Morgan fingerprint density at radius 1 is 1.38 bits per heavy atom. The van der Waals surface area contributed by atoms with Gasteiger partial charge < -0.3 is 15.8 Å². The molecule has 2 heterocycles. The van der Waals surface area contributed by atoms with Crippen LogP contribution in [0.1, 0.15) is 28.4 Å². The fourth-order valence-electron chi connectivity index (χ4n) is 2.37. The molecule has 3 N–H and O–H groups in total. The molecule has 1 amide bonds. The van der Waals surface area contributed by atoms with E-state index in [1.807, 2.05) is 13.8 Å². The summed E-state index contributed by atoms with van der Waals surface area (Å²) in [4.78, 5) is 17.9. The third kappa shape index (κ3) is 4.79. The van der Waals surface area contributed by atoms with Gasteiger partial charge in [-0.1, -0.05) is 0 Å². The van der Waals surface area contributed by atoms with Crippen molar-refractivity contribution in [3.63, 3.8) is 0 Å². The molecule has 1 aliphatic rings. The normalized spacial score (nSPS) is 16.5. The lowest BCUT2D eigenvalue weighted by Crippen LogP contribution is -2.48. The van der Waals surface area contributed by atoms with Gasteiger partial charge in [-0.05, 0) is 26.7 Å². The fourth-order valence-corrected chi connectivity index (χ4v) is 3.25. The van der Waals surface area contributed by atoms with E-state index in [0.717, 1.165) is 15.6 Å². The van der Waals surface area contributed by atoms with E-state index in [1.165, 1.54) is 0 Å². The highest BCUT2D eigenvalue weighted by Crippen LogP contribution is 2.29. The van der Waals surface area contributed by atoms with Gasteiger partial charge >= 0.3 is 0 Å². The molecule has 1 fully saturated rings. The Kier molecular flexibility index (Phi) is 8.73. The van der Waals surface area contributed by atoms with Crippen LogP contribution >= 0.6 is 36.2 Å². The summed E-state index contributed by atoms with van der Waals surface area (Å²) in [6, 6.07) is 0. The molecule has 5 nitrogen and oxygen atoms in total. The number of ether oxygens (including phenoxy) is 1. The molecule has 1 aromatic heterocycles. The molecule has 0 saturated carbocycles. The lowest BCUT2D eigenvalue weighted by atomic mass is 9.79. The number of nitrogens with zero attached hydrogens (tertiary/aromatic N) is 1. The van der Waals surface area contributed by atoms with Gasteiger partial charge in [-0.25, -0.2) is 4.98 Å². The fraction of sp³-hybridized carbons (Fsp3) is 0.692. The Hall–Kier alpha value is -0.400. The summed E-state index contributed by atoms with van der Waals surface area (Å²) in [5, 5.41) is 4.04. The molecule has 0 spiro atoms. The standard InChI is InChI=1S/C13H21N3O2S.2ClH/c1-9-11(19-10(2)16-9)7-15-12(17)13(8-14)3-5-18-6-4-13;;/h3-8,14H2,1-2H3,(H,15,17);2*1H. The molecule has 2 rings (SSSR count). The van der Waals surface area contributed by atoms with Crippen LogP contribution in [0.2, 0.25) is 0 Å². The molecule has 0 radical (unpaired) electrons. The van der Waals surface area contributed by atoms with E-state index in [-0.39, 0.29) is 30.7 Å². The highest BCUT2D eigenvalue weighted by molar-refractivity contribution is 7.11. The highest BCUT2D eigenvalue weighted by atomic mass is 35.5. The maximum atomic E-state index is 12.4. The topological polar surface area (TPSA) is 77.2 Å². The first-order chi connectivity index (χ1) is 9.07. The molecule has 0 aromatic carbocycles. The van der Waals surface area contributed by atoms with Gasteiger partial charge in [0.2, 0.25) is 5.91 Å². The predicted molar refractivity (Wildman–Crippen MR) is 89.5 cm³/mol. The largest absolute Gasteiger partial charge is 0.381 e. The van der Waals surface area contributed by atoms with Gasteiger partial charge in [0.15, 0.2) is 0 Å². The molecular weight excluding hydrogens is 333 g/mol. The molecule has 1 aliphatic heterocycles. The predicted octanol–water partition coefficient (Wildman–Crippen LogP) is 1.98. The van der Waals surface area contributed by atoms with E-state index in [1.54, 1.807) is 11.3 Å². The number of rotatable bonds is 4. The van der Waals surface area contributed by atoms with Crippen LogP contribution in [0.3, 0.4) is 0 Å². The Morgan fingerprint density at radius 2 is 2.00 bits per heavy atom. The van der Waals surface area contributed by atoms with Crippen molar-refractivity contribution in [2.24, 2.45) is 11.1 Å². The first-order valence-electron chi connectivity index (χ1n) is 6.56. The van der Waals surface area contributed by atoms with Gasteiger partial charge in [-0.3, -0.25) is 4.79 Å². The van der Waals surface area contributed by atoms with Crippen molar-refractivity contribution >= 4 is 42.1 Å². The van der Waals surface area contributed by atoms with E-state index < -0.39 is 5.41 Å². The molecule has 0 bridgehead atoms. The van der Waals surface area contributed by atoms with Crippen LogP contribution in [-0.2, 0) is 16.1 Å². The summed E-state index contributed by atoms with van der Waals surface area (Å²) >= 11 is 1.63. The minimum atomic E-state index is -0.452. The summed E-state index contributed by atoms with van der Waals surface area (Å²) in [5.41, 5.74) is 6.36. The number of nitrogens with one attached hydrogen (secondary N) is 1. The van der Waals surface area contributed by atoms with E-state index in [2.05, 4.69) is 10.3 Å². The van der Waals surface area contributed by atoms with Crippen LogP contribution < -0.4 is 11.1 Å². The average Bonchev–Trinajstić information content (AvgIpc) is 2.75. The van der Waals surface area contributed by atoms with E-state index in [9.17, 15) is 4.79 Å². The first-order valence-corrected chi connectivity index (χ1v) is 7.38. The van der Waals surface area contributed by atoms with Gasteiger partial charge in [0.25, 0.3) is 0 Å². The summed E-state index contributed by atoms with van der Waals surface area (Å²) in [5.74, 6) is 0.0451. The number of thiazole rings is 1.